The van der Waals surface area contributed by atoms with Gasteiger partial charge in [0, 0.05) is 43.0 Å². The van der Waals surface area contributed by atoms with Gasteiger partial charge in [0.25, 0.3) is 24.2 Å². The number of benzene rings is 3. The molecule has 4 N–H and O–H groups in total. The lowest BCUT2D eigenvalue weighted by Gasteiger charge is -2.29. The summed E-state index contributed by atoms with van der Waals surface area (Å²) in [7, 11) is 0. The van der Waals surface area contributed by atoms with E-state index in [0.717, 1.165) is 59.7 Å². The number of alkyl halides is 6. The van der Waals surface area contributed by atoms with Crippen LogP contribution in [0, 0.1) is 34.7 Å². The topological polar surface area (TPSA) is 165 Å². The highest BCUT2D eigenvalue weighted by Gasteiger charge is 2.55. The molecule has 2 atom stereocenters. The van der Waals surface area contributed by atoms with Crippen LogP contribution in [0.3, 0.4) is 0 Å². The maximum absolute atomic E-state index is 15.3. The van der Waals surface area contributed by atoms with E-state index in [2.05, 4.69) is 37.2 Å². The summed E-state index contributed by atoms with van der Waals surface area (Å²) in [5, 5.41) is 6.11. The Morgan fingerprint density at radius 3 is 2.30 bits per heavy atom. The summed E-state index contributed by atoms with van der Waals surface area (Å²) in [6.45, 7) is 5.43. The summed E-state index contributed by atoms with van der Waals surface area (Å²) in [5.74, 6) is -6.81. The lowest BCUT2D eigenvalue weighted by Crippen LogP contribution is -2.37. The molecule has 12 nitrogen and oxygen atoms in total. The molecule has 384 valence electrons. The molecule has 0 radical (unpaired) electrons. The number of carbonyl (C=O) groups excluding carboxylic acids is 3. The molecule has 1 aliphatic carbocycles. The van der Waals surface area contributed by atoms with Crippen molar-refractivity contribution < 1.29 is 53.9 Å². The van der Waals surface area contributed by atoms with Crippen molar-refractivity contribution in [2.45, 2.75) is 96.2 Å². The number of hydrogen-bond donors (Lipinski definition) is 3. The quantitative estimate of drug-likeness (QED) is 0.0809. The monoisotopic (exact) mass is 1050 g/mol. The molecule has 7 aromatic rings. The van der Waals surface area contributed by atoms with Crippen molar-refractivity contribution in [3.8, 4) is 34.2 Å². The van der Waals surface area contributed by atoms with Crippen LogP contribution >= 0.6 is 11.3 Å². The molecule has 4 aromatic heterocycles. The van der Waals surface area contributed by atoms with E-state index in [1.165, 1.54) is 12.1 Å². The fourth-order valence-electron chi connectivity index (χ4n) is 9.32. The predicted molar refractivity (Wildman–Crippen MR) is 254 cm³/mol. The van der Waals surface area contributed by atoms with Crippen LogP contribution in [-0.4, -0.2) is 58.9 Å². The molecule has 74 heavy (non-hydrogen) atoms. The Hall–Kier alpha value is -7.54. The smallest absolute Gasteiger partial charge is 0.290 e. The average Bonchev–Trinajstić information content (AvgIpc) is 4.15. The second-order valence-electron chi connectivity index (χ2n) is 19.4. The molecule has 0 saturated carbocycles. The van der Waals surface area contributed by atoms with Gasteiger partial charge in [0.2, 0.25) is 11.8 Å². The van der Waals surface area contributed by atoms with Crippen LogP contribution in [0.25, 0.3) is 32.7 Å². The third-order valence-corrected chi connectivity index (χ3v) is 13.5. The Kier molecular flexibility index (Phi) is 13.7. The van der Waals surface area contributed by atoms with Gasteiger partial charge >= 0.3 is 0 Å². The number of nitrogens with two attached hydrogens (primary N) is 1. The average molecular weight is 1050 g/mol. The first-order valence-corrected chi connectivity index (χ1v) is 24.0. The van der Waals surface area contributed by atoms with Gasteiger partial charge < -0.3 is 20.9 Å². The van der Waals surface area contributed by atoms with Crippen LogP contribution in [0.4, 0.5) is 39.5 Å². The molecule has 3 amide bonds. The number of aromatic amines is 1. The van der Waals surface area contributed by atoms with Crippen LogP contribution < -0.4 is 11.1 Å². The molecule has 9 rings (SSSR count). The minimum absolute atomic E-state index is 0.0240. The van der Waals surface area contributed by atoms with Gasteiger partial charge in [-0.15, -0.1) is 11.3 Å². The molecule has 5 heterocycles. The first-order valence-electron chi connectivity index (χ1n) is 23.2. The lowest BCUT2D eigenvalue weighted by atomic mass is 9.89. The number of pyridine rings is 1. The highest BCUT2D eigenvalue weighted by Crippen LogP contribution is 2.52. The van der Waals surface area contributed by atoms with Crippen molar-refractivity contribution in [2.75, 3.05) is 6.54 Å². The van der Waals surface area contributed by atoms with E-state index in [1.807, 2.05) is 37.8 Å². The fraction of sp³-hybridized carbons (Fsp3) is 0.327. The van der Waals surface area contributed by atoms with Crippen LogP contribution in [0.2, 0.25) is 0 Å². The molecular formula is C52H44F9N9O3S. The number of nitrogens with one attached hydrogen (secondary N) is 2. The second-order valence-corrected chi connectivity index (χ2v) is 20.4. The Morgan fingerprint density at radius 1 is 0.905 bits per heavy atom. The van der Waals surface area contributed by atoms with E-state index in [4.69, 9.17) is 10.7 Å². The number of rotatable bonds is 12. The molecular weight excluding hydrogens is 1000 g/mol. The first kappa shape index (κ1) is 51.4. The van der Waals surface area contributed by atoms with Crippen molar-refractivity contribution in [3.63, 3.8) is 0 Å². The Bertz CT molecular complexity index is 3390. The second kappa shape index (κ2) is 19.7. The molecule has 3 aromatic carbocycles. The third kappa shape index (κ3) is 10.7. The van der Waals surface area contributed by atoms with E-state index in [0.29, 0.717) is 35.1 Å². The molecule has 22 heteroatoms. The number of amides is 3. The number of halogens is 9. The predicted octanol–water partition coefficient (Wildman–Crippen LogP) is 11.0. The molecule has 1 saturated heterocycles. The van der Waals surface area contributed by atoms with E-state index >= 15 is 17.6 Å². The van der Waals surface area contributed by atoms with E-state index in [-0.39, 0.29) is 55.1 Å². The van der Waals surface area contributed by atoms with Crippen LogP contribution in [0.1, 0.15) is 126 Å². The number of fused-ring (bicyclic) bond motifs is 2. The molecule has 2 aliphatic rings. The zero-order chi connectivity index (χ0) is 53.0. The normalized spacial score (nSPS) is 16.5. The minimum Gasteiger partial charge on any atom is -0.366 e. The summed E-state index contributed by atoms with van der Waals surface area (Å²) < 4.78 is 134. The standard InChI is InChI=1S/C52H44F9N9O3S/c1-50(2,3)23-41(72)69-16-4-5-37(69)48-63-24-36(65-48)28-9-6-26(7-10-28)8-13-40-66-49-38(74-40)22-32(29-11-12-34(55)33(20-29)47(62)73)43(67-49)35(19-27-17-30(53)21-31(54)18-27)64-39(71)25-70-45-42(44(68-70)46(56)57)51(58,59)14-15-52(45,60)61/h6-7,9-12,17-18,20-22,24,35,37,46H,4-5,14-16,19,23,25H2,1-3H3,(H2,62,73)(H,63,65)(H,64,71)/t35-,37-/m0/s1. The maximum Gasteiger partial charge on any atom is 0.290 e. The zero-order valence-electron chi connectivity index (χ0n) is 39.6. The van der Waals surface area contributed by atoms with E-state index < -0.39 is 102 Å². The Balaban J connectivity index is 1.06. The van der Waals surface area contributed by atoms with Gasteiger partial charge in [-0.2, -0.15) is 13.9 Å². The third-order valence-electron chi connectivity index (χ3n) is 12.6. The van der Waals surface area contributed by atoms with Gasteiger partial charge in [-0.3, -0.25) is 19.1 Å². The zero-order valence-corrected chi connectivity index (χ0v) is 40.4. The number of nitrogens with zero attached hydrogens (tertiary/aromatic N) is 6. The fourth-order valence-corrected chi connectivity index (χ4v) is 10.1. The lowest BCUT2D eigenvalue weighted by molar-refractivity contribution is -0.134. The van der Waals surface area contributed by atoms with Crippen molar-refractivity contribution in [1.82, 2.24) is 39.9 Å². The molecule has 0 spiro atoms. The van der Waals surface area contributed by atoms with Crippen molar-refractivity contribution in [3.05, 3.63) is 141 Å². The Labute approximate surface area is 420 Å². The highest BCUT2D eigenvalue weighted by molar-refractivity contribution is 7.19. The number of likely N-dealkylation sites (tertiary alicyclic amines) is 1. The number of imidazole rings is 1. The summed E-state index contributed by atoms with van der Waals surface area (Å²) in [6.07, 6.45) is -3.31. The van der Waals surface area contributed by atoms with Gasteiger partial charge in [0.15, 0.2) is 10.7 Å². The molecule has 1 aliphatic heterocycles. The number of thiazole rings is 1. The summed E-state index contributed by atoms with van der Waals surface area (Å²) in [5.41, 5.74) is 2.05. The van der Waals surface area contributed by atoms with E-state index in [9.17, 15) is 36.3 Å². The summed E-state index contributed by atoms with van der Waals surface area (Å²) >= 11 is 1.07. The van der Waals surface area contributed by atoms with Crippen LogP contribution in [0.15, 0.2) is 72.9 Å². The number of carbonyl (C=O) groups is 3. The van der Waals surface area contributed by atoms with Crippen molar-refractivity contribution in [1.29, 1.82) is 0 Å². The van der Waals surface area contributed by atoms with E-state index in [1.54, 1.807) is 18.3 Å². The number of primary amides is 1. The molecule has 0 unspecified atom stereocenters. The number of H-pyrrole nitrogens is 1. The van der Waals surface area contributed by atoms with Crippen molar-refractivity contribution in [2.24, 2.45) is 11.1 Å². The number of hydrogen-bond acceptors (Lipinski definition) is 8. The first-order chi connectivity index (χ1) is 34.9. The van der Waals surface area contributed by atoms with Gasteiger partial charge in [-0.05, 0) is 89.8 Å². The number of aromatic nitrogens is 6. The van der Waals surface area contributed by atoms with Crippen molar-refractivity contribution >= 4 is 39.4 Å². The Morgan fingerprint density at radius 2 is 1.61 bits per heavy atom. The van der Waals surface area contributed by atoms with Crippen LogP contribution in [0.5, 0.6) is 0 Å². The molecule has 0 bridgehead atoms. The maximum atomic E-state index is 15.3. The SMILES string of the molecule is CC(C)(C)CC(=O)N1CCC[C@H]1c1ncc(-c2ccc(C#Cc3nc4nc([C@H](Cc5cc(F)cc(F)c5)NC(=O)Cn5nc(C(F)F)c6c5C(F)(F)CCC6(F)F)c(-c5ccc(F)c(C(N)=O)c5)cc4s3)cc2)[nH]1. The summed E-state index contributed by atoms with van der Waals surface area (Å²) in [6, 6.07) is 12.9. The minimum atomic E-state index is -4.13. The highest BCUT2D eigenvalue weighted by atomic mass is 32.1. The van der Waals surface area contributed by atoms with Gasteiger partial charge in [0.05, 0.1) is 45.5 Å². The van der Waals surface area contributed by atoms with Crippen LogP contribution in [-0.2, 0) is 34.4 Å². The molecule has 1 fully saturated rings. The summed E-state index contributed by atoms with van der Waals surface area (Å²) in [4.78, 5) is 58.6. The van der Waals surface area contributed by atoms with Gasteiger partial charge in [-0.1, -0.05) is 44.9 Å². The van der Waals surface area contributed by atoms with Gasteiger partial charge in [-0.25, -0.2) is 45.7 Å². The largest absolute Gasteiger partial charge is 0.366 e. The van der Waals surface area contributed by atoms with Gasteiger partial charge in [0.1, 0.15) is 41.2 Å².